The van der Waals surface area contributed by atoms with Gasteiger partial charge in [0.1, 0.15) is 23.9 Å². The molecule has 1 unspecified atom stereocenters. The summed E-state index contributed by atoms with van der Waals surface area (Å²) in [5, 5.41) is 20.1. The van der Waals surface area contributed by atoms with Gasteiger partial charge in [0, 0.05) is 23.7 Å². The van der Waals surface area contributed by atoms with Gasteiger partial charge in [-0.3, -0.25) is 19.5 Å². The number of anilines is 1. The summed E-state index contributed by atoms with van der Waals surface area (Å²) in [6.07, 6.45) is 3.11. The number of hydrogen-bond donors (Lipinski definition) is 1. The van der Waals surface area contributed by atoms with Gasteiger partial charge < -0.3 is 9.84 Å². The van der Waals surface area contributed by atoms with Gasteiger partial charge in [-0.05, 0) is 72.1 Å². The molecule has 1 fully saturated rings. The van der Waals surface area contributed by atoms with Gasteiger partial charge in [0.05, 0.1) is 11.6 Å². The second kappa shape index (κ2) is 12.8. The highest BCUT2D eigenvalue weighted by molar-refractivity contribution is 8.00. The van der Waals surface area contributed by atoms with Crippen LogP contribution in [0.4, 0.5) is 9.52 Å². The Labute approximate surface area is 260 Å². The number of aliphatic hydroxyl groups is 1. The van der Waals surface area contributed by atoms with Gasteiger partial charge in [0.2, 0.25) is 5.13 Å². The Hall–Kier alpha value is -4.87. The minimum atomic E-state index is -0.946. The van der Waals surface area contributed by atoms with Gasteiger partial charge in [-0.25, -0.2) is 4.39 Å². The first-order chi connectivity index (χ1) is 21.4. The van der Waals surface area contributed by atoms with Crippen molar-refractivity contribution in [3.05, 3.63) is 137 Å². The first-order valence-electron chi connectivity index (χ1n) is 13.6. The lowest BCUT2D eigenvalue weighted by Gasteiger charge is -2.22. The van der Waals surface area contributed by atoms with Crippen LogP contribution in [0.1, 0.15) is 33.9 Å². The zero-order chi connectivity index (χ0) is 30.6. The molecule has 8 nitrogen and oxygen atoms in total. The summed E-state index contributed by atoms with van der Waals surface area (Å²) >= 11 is 2.54. The zero-order valence-corrected chi connectivity index (χ0v) is 25.0. The lowest BCUT2D eigenvalue weighted by Crippen LogP contribution is -2.29. The van der Waals surface area contributed by atoms with Crippen molar-refractivity contribution in [1.29, 1.82) is 0 Å². The number of ether oxygens (including phenoxy) is 1. The third-order valence-corrected chi connectivity index (χ3v) is 9.09. The SMILES string of the molecule is Cc1cccc(COc2ccc(C(O)=C3C(=O)C(=O)N(c4nnc(SCc5ccc(F)cc5)s4)C3c3ccncc3)cc2)c1. The largest absolute Gasteiger partial charge is 0.507 e. The van der Waals surface area contributed by atoms with E-state index in [1.165, 1.54) is 28.8 Å². The molecule has 2 aromatic heterocycles. The van der Waals surface area contributed by atoms with Crippen molar-refractivity contribution in [1.82, 2.24) is 15.2 Å². The minimum absolute atomic E-state index is 0.0645. The van der Waals surface area contributed by atoms with Crippen LogP contribution in [0.3, 0.4) is 0 Å². The normalized spacial score (nSPS) is 16.0. The fourth-order valence-electron chi connectivity index (χ4n) is 4.81. The summed E-state index contributed by atoms with van der Waals surface area (Å²) in [5.41, 5.74) is 3.94. The number of carbonyl (C=O) groups is 2. The van der Waals surface area contributed by atoms with Crippen LogP contribution in [0.2, 0.25) is 0 Å². The lowest BCUT2D eigenvalue weighted by molar-refractivity contribution is -0.132. The predicted molar refractivity (Wildman–Crippen MR) is 167 cm³/mol. The van der Waals surface area contributed by atoms with Crippen molar-refractivity contribution in [2.45, 2.75) is 29.7 Å². The van der Waals surface area contributed by atoms with E-state index in [1.54, 1.807) is 60.9 Å². The average Bonchev–Trinajstić information content (AvgIpc) is 3.62. The molecule has 1 saturated heterocycles. The first-order valence-corrected chi connectivity index (χ1v) is 15.4. The first kappa shape index (κ1) is 29.2. The summed E-state index contributed by atoms with van der Waals surface area (Å²) in [5.74, 6) is -1.17. The van der Waals surface area contributed by atoms with E-state index in [1.807, 2.05) is 31.2 Å². The molecule has 0 radical (unpaired) electrons. The monoisotopic (exact) mass is 624 g/mol. The number of Topliss-reactive ketones (excluding diaryl/α,β-unsaturated/α-hetero) is 1. The quantitative estimate of drug-likeness (QED) is 0.0622. The molecule has 0 aliphatic carbocycles. The van der Waals surface area contributed by atoms with E-state index in [2.05, 4.69) is 15.2 Å². The summed E-state index contributed by atoms with van der Waals surface area (Å²) in [4.78, 5) is 32.2. The molecule has 1 aliphatic rings. The average molecular weight is 625 g/mol. The fraction of sp³-hybridized carbons (Fsp3) is 0.121. The number of amides is 1. The van der Waals surface area contributed by atoms with Crippen LogP contribution >= 0.6 is 23.1 Å². The Morgan fingerprint density at radius 2 is 1.73 bits per heavy atom. The molecule has 0 bridgehead atoms. The number of rotatable bonds is 9. The van der Waals surface area contributed by atoms with Gasteiger partial charge >= 0.3 is 5.91 Å². The third kappa shape index (κ3) is 6.24. The number of carbonyl (C=O) groups excluding carboxylic acids is 2. The van der Waals surface area contributed by atoms with E-state index in [-0.39, 0.29) is 22.3 Å². The standard InChI is InChI=1S/C33H25FN4O4S2/c1-20-3-2-4-22(17-20)18-42-26-11-7-24(8-12-26)29(39)27-28(23-13-15-35-16-14-23)38(31(41)30(27)40)32-36-37-33(44-32)43-19-21-5-9-25(34)10-6-21/h2-17,28,39H,18-19H2,1H3. The van der Waals surface area contributed by atoms with Crippen LogP contribution in [0.25, 0.3) is 5.76 Å². The van der Waals surface area contributed by atoms with Crippen molar-refractivity contribution in [3.63, 3.8) is 0 Å². The predicted octanol–water partition coefficient (Wildman–Crippen LogP) is 6.88. The summed E-state index contributed by atoms with van der Waals surface area (Å²) in [7, 11) is 0. The van der Waals surface area contributed by atoms with E-state index in [4.69, 9.17) is 4.74 Å². The molecule has 6 rings (SSSR count). The molecule has 44 heavy (non-hydrogen) atoms. The highest BCUT2D eigenvalue weighted by atomic mass is 32.2. The number of aromatic nitrogens is 3. The number of ketones is 1. The van der Waals surface area contributed by atoms with Crippen LogP contribution in [0.5, 0.6) is 5.75 Å². The Kier molecular flexibility index (Phi) is 8.49. The Bertz CT molecular complexity index is 1840. The highest BCUT2D eigenvalue weighted by Gasteiger charge is 2.48. The van der Waals surface area contributed by atoms with Gasteiger partial charge in [0.25, 0.3) is 5.78 Å². The number of thioether (sulfide) groups is 1. The van der Waals surface area contributed by atoms with Crippen molar-refractivity contribution >= 4 is 45.7 Å². The van der Waals surface area contributed by atoms with Gasteiger partial charge in [-0.15, -0.1) is 10.2 Å². The number of pyridine rings is 1. The number of benzene rings is 3. The number of aliphatic hydroxyl groups excluding tert-OH is 1. The summed E-state index contributed by atoms with van der Waals surface area (Å²) < 4.78 is 19.7. The number of halogens is 1. The van der Waals surface area contributed by atoms with Gasteiger partial charge in [0.15, 0.2) is 4.34 Å². The van der Waals surface area contributed by atoms with E-state index in [0.717, 1.165) is 28.0 Å². The molecule has 3 heterocycles. The summed E-state index contributed by atoms with van der Waals surface area (Å²) in [6.45, 7) is 2.40. The van der Waals surface area contributed by atoms with Crippen molar-refractivity contribution in [2.75, 3.05) is 4.90 Å². The number of aryl methyl sites for hydroxylation is 1. The molecule has 0 saturated carbocycles. The maximum Gasteiger partial charge on any atom is 0.301 e. The van der Waals surface area contributed by atoms with Crippen LogP contribution in [-0.2, 0) is 21.9 Å². The Balaban J connectivity index is 1.27. The molecule has 3 aromatic carbocycles. The lowest BCUT2D eigenvalue weighted by atomic mass is 9.96. The zero-order valence-electron chi connectivity index (χ0n) is 23.4. The van der Waals surface area contributed by atoms with E-state index in [0.29, 0.717) is 33.6 Å². The molecular formula is C33H25FN4O4S2. The van der Waals surface area contributed by atoms with Gasteiger partial charge in [-0.2, -0.15) is 0 Å². The second-order valence-electron chi connectivity index (χ2n) is 10.0. The van der Waals surface area contributed by atoms with Gasteiger partial charge in [-0.1, -0.05) is 65.1 Å². The molecule has 11 heteroatoms. The second-order valence-corrected chi connectivity index (χ2v) is 12.2. The molecular weight excluding hydrogens is 600 g/mol. The topological polar surface area (TPSA) is 106 Å². The number of hydrogen-bond acceptors (Lipinski definition) is 9. The Morgan fingerprint density at radius 1 is 0.977 bits per heavy atom. The fourth-order valence-corrected chi connectivity index (χ4v) is 6.63. The van der Waals surface area contributed by atoms with E-state index >= 15 is 0 Å². The van der Waals surface area contributed by atoms with Crippen molar-refractivity contribution < 1.29 is 23.8 Å². The molecule has 220 valence electrons. The van der Waals surface area contributed by atoms with E-state index < -0.39 is 17.7 Å². The van der Waals surface area contributed by atoms with Crippen LogP contribution in [0, 0.1) is 12.7 Å². The maximum absolute atomic E-state index is 13.5. The molecule has 1 amide bonds. The molecule has 0 spiro atoms. The smallest absolute Gasteiger partial charge is 0.301 e. The van der Waals surface area contributed by atoms with Crippen LogP contribution in [-0.4, -0.2) is 32.0 Å². The minimum Gasteiger partial charge on any atom is -0.507 e. The van der Waals surface area contributed by atoms with Crippen LogP contribution < -0.4 is 9.64 Å². The molecule has 1 aliphatic heterocycles. The van der Waals surface area contributed by atoms with Crippen LogP contribution in [0.15, 0.2) is 107 Å². The van der Waals surface area contributed by atoms with Crippen molar-refractivity contribution in [3.8, 4) is 5.75 Å². The molecule has 5 aromatic rings. The van der Waals surface area contributed by atoms with Crippen molar-refractivity contribution in [2.24, 2.45) is 0 Å². The summed E-state index contributed by atoms with van der Waals surface area (Å²) in [6, 6.07) is 23.3. The molecule has 1 N–H and O–H groups in total. The van der Waals surface area contributed by atoms with E-state index in [9.17, 15) is 19.1 Å². The number of nitrogens with zero attached hydrogens (tertiary/aromatic N) is 4. The maximum atomic E-state index is 13.5. The molecule has 1 atom stereocenters. The Morgan fingerprint density at radius 3 is 2.45 bits per heavy atom. The highest BCUT2D eigenvalue weighted by Crippen LogP contribution is 2.44. The third-order valence-electron chi connectivity index (χ3n) is 6.96.